The smallest absolute Gasteiger partial charge is 0.288 e. The van der Waals surface area contributed by atoms with Crippen LogP contribution in [0.4, 0.5) is 0 Å². The van der Waals surface area contributed by atoms with Crippen LogP contribution in [0, 0.1) is 12.3 Å². The molecule has 0 saturated carbocycles. The summed E-state index contributed by atoms with van der Waals surface area (Å²) >= 11 is 0. The second-order valence-corrected chi connectivity index (χ2v) is 3.73. The zero-order chi connectivity index (χ0) is 13.0. The summed E-state index contributed by atoms with van der Waals surface area (Å²) in [5.41, 5.74) is 1.40. The highest BCUT2D eigenvalue weighted by atomic mass is 16.5. The molecule has 0 atom stereocenters. The number of furan rings is 1. The highest BCUT2D eigenvalue weighted by molar-refractivity contribution is 5.99. The summed E-state index contributed by atoms with van der Waals surface area (Å²) in [5, 5.41) is 3.46. The highest BCUT2D eigenvalue weighted by Crippen LogP contribution is 2.26. The molecule has 0 bridgehead atoms. The number of nitrogens with one attached hydrogen (secondary N) is 1. The monoisotopic (exact) mass is 243 g/mol. The number of rotatable bonds is 4. The Labute approximate surface area is 105 Å². The van der Waals surface area contributed by atoms with Crippen molar-refractivity contribution in [1.29, 1.82) is 0 Å². The number of fused-ring (bicyclic) bond motifs is 1. The normalized spacial score (nSPS) is 10.2. The summed E-state index contributed by atoms with van der Waals surface area (Å²) in [4.78, 5) is 11.9. The van der Waals surface area contributed by atoms with Crippen molar-refractivity contribution in [1.82, 2.24) is 5.32 Å². The van der Waals surface area contributed by atoms with Gasteiger partial charge >= 0.3 is 0 Å². The first-order valence-electron chi connectivity index (χ1n) is 5.49. The molecule has 2 rings (SSSR count). The molecule has 0 spiro atoms. The molecule has 0 aliphatic rings. The predicted molar refractivity (Wildman–Crippen MR) is 68.1 cm³/mol. The Morgan fingerprint density at radius 3 is 3.00 bits per heavy atom. The van der Waals surface area contributed by atoms with Gasteiger partial charge in [-0.15, -0.1) is 6.42 Å². The van der Waals surface area contributed by atoms with Crippen molar-refractivity contribution in [2.45, 2.75) is 6.61 Å². The van der Waals surface area contributed by atoms with Crippen LogP contribution in [-0.4, -0.2) is 19.6 Å². The lowest BCUT2D eigenvalue weighted by atomic mass is 10.1. The summed E-state index contributed by atoms with van der Waals surface area (Å²) < 4.78 is 10.7. The Morgan fingerprint density at radius 1 is 1.50 bits per heavy atom. The molecule has 1 amide bonds. The molecule has 1 aromatic heterocycles. The fraction of sp³-hybridized carbons (Fsp3) is 0.214. The van der Waals surface area contributed by atoms with E-state index in [-0.39, 0.29) is 18.2 Å². The van der Waals surface area contributed by atoms with E-state index in [0.29, 0.717) is 12.2 Å². The molecular weight excluding hydrogens is 230 g/mol. The lowest BCUT2D eigenvalue weighted by Gasteiger charge is -2.01. The molecule has 0 fully saturated rings. The van der Waals surface area contributed by atoms with Crippen molar-refractivity contribution >= 4 is 16.9 Å². The first-order valence-corrected chi connectivity index (χ1v) is 5.49. The summed E-state index contributed by atoms with van der Waals surface area (Å²) in [6, 6.07) is 7.45. The Hall–Kier alpha value is -2.25. The lowest BCUT2D eigenvalue weighted by Crippen LogP contribution is -2.24. The quantitative estimate of drug-likeness (QED) is 0.835. The number of hydrogen-bond acceptors (Lipinski definition) is 3. The van der Waals surface area contributed by atoms with Crippen molar-refractivity contribution < 1.29 is 13.9 Å². The summed E-state index contributed by atoms with van der Waals surface area (Å²) in [6.07, 6.45) is 5.11. The maximum Gasteiger partial charge on any atom is 0.288 e. The van der Waals surface area contributed by atoms with Crippen molar-refractivity contribution in [3.05, 3.63) is 35.6 Å². The average Bonchev–Trinajstić information content (AvgIpc) is 2.76. The van der Waals surface area contributed by atoms with Crippen molar-refractivity contribution in [2.24, 2.45) is 0 Å². The van der Waals surface area contributed by atoms with Gasteiger partial charge in [0.15, 0.2) is 5.76 Å². The number of ether oxygens (including phenoxy) is 1. The van der Waals surface area contributed by atoms with Crippen LogP contribution in [-0.2, 0) is 11.3 Å². The van der Waals surface area contributed by atoms with Crippen molar-refractivity contribution in [2.75, 3.05) is 13.7 Å². The molecule has 0 aliphatic carbocycles. The molecule has 1 heterocycles. The van der Waals surface area contributed by atoms with Gasteiger partial charge in [0.1, 0.15) is 5.58 Å². The fourth-order valence-electron chi connectivity index (χ4n) is 1.78. The molecule has 0 unspecified atom stereocenters. The lowest BCUT2D eigenvalue weighted by molar-refractivity contribution is 0.0926. The third kappa shape index (κ3) is 2.22. The standard InChI is InChI=1S/C14H13NO3/c1-3-8-15-14(16)13-11(9-17-2)10-6-4-5-7-12(10)18-13/h1,4-7H,8-9H2,2H3,(H,15,16). The molecule has 0 aliphatic heterocycles. The van der Waals surface area contributed by atoms with Crippen molar-refractivity contribution in [3.8, 4) is 12.3 Å². The van der Waals surface area contributed by atoms with E-state index in [1.165, 1.54) is 0 Å². The van der Waals surface area contributed by atoms with Gasteiger partial charge in [-0.3, -0.25) is 4.79 Å². The first kappa shape index (κ1) is 12.2. The van der Waals surface area contributed by atoms with Crippen LogP contribution in [0.15, 0.2) is 28.7 Å². The van der Waals surface area contributed by atoms with E-state index in [0.717, 1.165) is 10.9 Å². The largest absolute Gasteiger partial charge is 0.451 e. The number of methoxy groups -OCH3 is 1. The maximum absolute atomic E-state index is 11.9. The number of para-hydroxylation sites is 1. The van der Waals surface area contributed by atoms with Gasteiger partial charge in [-0.2, -0.15) is 0 Å². The molecule has 0 saturated heterocycles. The topological polar surface area (TPSA) is 51.5 Å². The zero-order valence-electron chi connectivity index (χ0n) is 10.0. The van der Waals surface area contributed by atoms with Crippen LogP contribution in [0.1, 0.15) is 16.1 Å². The molecule has 4 heteroatoms. The first-order chi connectivity index (χ1) is 8.77. The second-order valence-electron chi connectivity index (χ2n) is 3.73. The van der Waals surface area contributed by atoms with Gasteiger partial charge < -0.3 is 14.5 Å². The minimum atomic E-state index is -0.323. The molecule has 2 aromatic rings. The predicted octanol–water partition coefficient (Wildman–Crippen LogP) is 1.94. The SMILES string of the molecule is C#CCNC(=O)c1oc2ccccc2c1COC. The third-order valence-electron chi connectivity index (χ3n) is 2.54. The Balaban J connectivity index is 2.45. The molecule has 18 heavy (non-hydrogen) atoms. The molecule has 92 valence electrons. The molecule has 1 N–H and O–H groups in total. The highest BCUT2D eigenvalue weighted by Gasteiger charge is 2.19. The summed E-state index contributed by atoms with van der Waals surface area (Å²) in [6.45, 7) is 0.484. The van der Waals surface area contributed by atoms with E-state index in [9.17, 15) is 4.79 Å². The van der Waals surface area contributed by atoms with Crippen LogP contribution in [0.25, 0.3) is 11.0 Å². The third-order valence-corrected chi connectivity index (χ3v) is 2.54. The van der Waals surface area contributed by atoms with Crippen LogP contribution in [0.3, 0.4) is 0 Å². The fourth-order valence-corrected chi connectivity index (χ4v) is 1.78. The van der Waals surface area contributed by atoms with E-state index in [1.807, 2.05) is 24.3 Å². The number of carbonyl (C=O) groups is 1. The van der Waals surface area contributed by atoms with E-state index >= 15 is 0 Å². The summed E-state index contributed by atoms with van der Waals surface area (Å²) in [7, 11) is 1.57. The minimum absolute atomic E-state index is 0.169. The van der Waals surface area contributed by atoms with E-state index in [2.05, 4.69) is 11.2 Å². The van der Waals surface area contributed by atoms with E-state index in [4.69, 9.17) is 15.6 Å². The maximum atomic E-state index is 11.9. The van der Waals surface area contributed by atoms with Gasteiger partial charge in [0.2, 0.25) is 0 Å². The number of benzene rings is 1. The minimum Gasteiger partial charge on any atom is -0.451 e. The van der Waals surface area contributed by atoms with Gasteiger partial charge in [-0.25, -0.2) is 0 Å². The van der Waals surface area contributed by atoms with Crippen LogP contribution in [0.5, 0.6) is 0 Å². The van der Waals surface area contributed by atoms with Crippen LogP contribution >= 0.6 is 0 Å². The summed E-state index contributed by atoms with van der Waals surface area (Å²) in [5.74, 6) is 2.28. The number of amides is 1. The zero-order valence-corrected chi connectivity index (χ0v) is 10.0. The van der Waals surface area contributed by atoms with Crippen molar-refractivity contribution in [3.63, 3.8) is 0 Å². The van der Waals surface area contributed by atoms with Crippen LogP contribution in [0.2, 0.25) is 0 Å². The molecule has 4 nitrogen and oxygen atoms in total. The molecule has 0 radical (unpaired) electrons. The molecular formula is C14H13NO3. The second kappa shape index (κ2) is 5.39. The Kier molecular flexibility index (Phi) is 3.66. The average molecular weight is 243 g/mol. The van der Waals surface area contributed by atoms with Gasteiger partial charge in [-0.05, 0) is 6.07 Å². The number of hydrogen-bond donors (Lipinski definition) is 1. The van der Waals surface area contributed by atoms with E-state index in [1.54, 1.807) is 7.11 Å². The van der Waals surface area contributed by atoms with Gasteiger partial charge in [0, 0.05) is 18.1 Å². The van der Waals surface area contributed by atoms with Gasteiger partial charge in [-0.1, -0.05) is 24.1 Å². The van der Waals surface area contributed by atoms with Gasteiger partial charge in [0.05, 0.1) is 13.2 Å². The Morgan fingerprint density at radius 2 is 2.28 bits per heavy atom. The van der Waals surface area contributed by atoms with E-state index < -0.39 is 0 Å². The number of terminal acetylenes is 1. The Bertz CT molecular complexity index is 607. The number of carbonyl (C=O) groups excluding carboxylic acids is 1. The van der Waals surface area contributed by atoms with Crippen LogP contribution < -0.4 is 5.32 Å². The van der Waals surface area contributed by atoms with Gasteiger partial charge in [0.25, 0.3) is 5.91 Å². The molecule has 1 aromatic carbocycles.